The fourth-order valence-corrected chi connectivity index (χ4v) is 3.14. The molecule has 2 rings (SSSR count). The van der Waals surface area contributed by atoms with Crippen molar-refractivity contribution in [3.63, 3.8) is 0 Å². The number of hydrogen-bond donors (Lipinski definition) is 1. The summed E-state index contributed by atoms with van der Waals surface area (Å²) < 4.78 is 12.2. The summed E-state index contributed by atoms with van der Waals surface area (Å²) in [6.07, 6.45) is 0.0136. The Hall–Kier alpha value is -1.60. The second-order valence-electron chi connectivity index (χ2n) is 5.02. The van der Waals surface area contributed by atoms with Crippen LogP contribution < -0.4 is 5.32 Å². The Morgan fingerprint density at radius 3 is 2.39 bits per heavy atom. The highest BCUT2D eigenvalue weighted by Gasteiger charge is 2.36. The van der Waals surface area contributed by atoms with E-state index in [1.165, 1.54) is 0 Å². The minimum Gasteiger partial charge on any atom is -0.412 e. The van der Waals surface area contributed by atoms with E-state index in [9.17, 15) is 4.79 Å². The lowest BCUT2D eigenvalue weighted by molar-refractivity contribution is -0.196. The first-order valence-corrected chi connectivity index (χ1v) is 8.50. The molecule has 0 radical (unpaired) electrons. The van der Waals surface area contributed by atoms with E-state index in [0.29, 0.717) is 13.0 Å². The van der Waals surface area contributed by atoms with Crippen LogP contribution in [0.2, 0.25) is 0 Å². The molecule has 2 aromatic carbocycles. The number of nitrogens with one attached hydrogen (secondary N) is 1. The average molecular weight is 425 g/mol. The molecule has 5 heteroatoms. The van der Waals surface area contributed by atoms with Crippen molar-refractivity contribution >= 4 is 28.7 Å². The molecular weight excluding hydrogens is 405 g/mol. The average Bonchev–Trinajstić information content (AvgIpc) is 2.59. The van der Waals surface area contributed by atoms with E-state index < -0.39 is 11.9 Å². The molecular formula is C18H20INO3. The monoisotopic (exact) mass is 425 g/mol. The topological polar surface area (TPSA) is 47.6 Å². The summed E-state index contributed by atoms with van der Waals surface area (Å²) in [5.41, 5.74) is 1.86. The fourth-order valence-electron chi connectivity index (χ4n) is 2.34. The number of benzene rings is 2. The SMILES string of the molecule is CC[C@](OC)(OC(=O)NCc1ccccc1)c1ccccc1I. The standard InChI is InChI=1S/C18H20INO3/c1-3-18(22-2,15-11-7-8-12-16(15)19)23-17(21)20-13-14-9-5-4-6-10-14/h4-12H,3,13H2,1-2H3,(H,20,21)/t18-/m0/s1. The van der Waals surface area contributed by atoms with E-state index >= 15 is 0 Å². The third kappa shape index (κ3) is 4.45. The van der Waals surface area contributed by atoms with Crippen LogP contribution in [0.1, 0.15) is 24.5 Å². The zero-order valence-electron chi connectivity index (χ0n) is 13.2. The fraction of sp³-hybridized carbons (Fsp3) is 0.278. The maximum atomic E-state index is 12.2. The van der Waals surface area contributed by atoms with Gasteiger partial charge in [-0.25, -0.2) is 4.79 Å². The van der Waals surface area contributed by atoms with Crippen LogP contribution in [0, 0.1) is 3.57 Å². The second kappa shape index (κ2) is 8.31. The molecule has 0 aliphatic rings. The predicted octanol–water partition coefficient (Wildman–Crippen LogP) is 4.43. The van der Waals surface area contributed by atoms with Gasteiger partial charge in [-0.1, -0.05) is 55.5 Å². The Morgan fingerprint density at radius 1 is 1.13 bits per heavy atom. The van der Waals surface area contributed by atoms with Gasteiger partial charge in [0.25, 0.3) is 0 Å². The second-order valence-corrected chi connectivity index (χ2v) is 6.18. The van der Waals surface area contributed by atoms with Gasteiger partial charge in [0.2, 0.25) is 5.79 Å². The van der Waals surface area contributed by atoms with Crippen molar-refractivity contribution in [2.24, 2.45) is 0 Å². The lowest BCUT2D eigenvalue weighted by atomic mass is 10.0. The highest BCUT2D eigenvalue weighted by Crippen LogP contribution is 2.33. The Kier molecular flexibility index (Phi) is 6.41. The first kappa shape index (κ1) is 17.7. The minimum absolute atomic E-state index is 0.412. The van der Waals surface area contributed by atoms with Crippen LogP contribution in [0.4, 0.5) is 4.79 Å². The first-order valence-electron chi connectivity index (χ1n) is 7.42. The maximum Gasteiger partial charge on any atom is 0.410 e. The van der Waals surface area contributed by atoms with E-state index in [0.717, 1.165) is 14.7 Å². The normalized spacial score (nSPS) is 13.2. The molecule has 0 saturated heterocycles. The van der Waals surface area contributed by atoms with E-state index in [1.54, 1.807) is 7.11 Å². The minimum atomic E-state index is -1.08. The number of rotatable bonds is 6. The molecule has 0 bridgehead atoms. The molecule has 0 heterocycles. The number of carbonyl (C=O) groups excluding carboxylic acids is 1. The van der Waals surface area contributed by atoms with Crippen LogP contribution in [-0.4, -0.2) is 13.2 Å². The van der Waals surface area contributed by atoms with Crippen LogP contribution in [0.3, 0.4) is 0 Å². The van der Waals surface area contributed by atoms with E-state index in [-0.39, 0.29) is 0 Å². The van der Waals surface area contributed by atoms with Crippen molar-refractivity contribution in [1.82, 2.24) is 5.32 Å². The summed E-state index contributed by atoms with van der Waals surface area (Å²) in [5, 5.41) is 2.77. The van der Waals surface area contributed by atoms with Crippen LogP contribution in [-0.2, 0) is 21.8 Å². The highest BCUT2D eigenvalue weighted by atomic mass is 127. The molecule has 4 nitrogen and oxygen atoms in total. The largest absolute Gasteiger partial charge is 0.412 e. The highest BCUT2D eigenvalue weighted by molar-refractivity contribution is 14.1. The first-order chi connectivity index (χ1) is 11.1. The quantitative estimate of drug-likeness (QED) is 0.551. The zero-order chi connectivity index (χ0) is 16.7. The van der Waals surface area contributed by atoms with E-state index in [4.69, 9.17) is 9.47 Å². The van der Waals surface area contributed by atoms with Gasteiger partial charge in [-0.2, -0.15) is 0 Å². The van der Waals surface area contributed by atoms with E-state index in [1.807, 2.05) is 61.5 Å². The van der Waals surface area contributed by atoms with Crippen molar-refractivity contribution in [2.45, 2.75) is 25.7 Å². The number of alkyl carbamates (subject to hydrolysis) is 1. The lowest BCUT2D eigenvalue weighted by Gasteiger charge is -2.32. The molecule has 0 aromatic heterocycles. The van der Waals surface area contributed by atoms with Gasteiger partial charge in [0, 0.05) is 29.2 Å². The molecule has 0 aliphatic heterocycles. The van der Waals surface area contributed by atoms with Crippen molar-refractivity contribution in [3.05, 3.63) is 69.3 Å². The number of methoxy groups -OCH3 is 1. The van der Waals surface area contributed by atoms with Gasteiger partial charge >= 0.3 is 6.09 Å². The molecule has 2 aromatic rings. The summed E-state index contributed by atoms with van der Waals surface area (Å²) >= 11 is 2.22. The Bertz CT molecular complexity index is 642. The van der Waals surface area contributed by atoms with Crippen molar-refractivity contribution < 1.29 is 14.3 Å². The molecule has 122 valence electrons. The van der Waals surface area contributed by atoms with Gasteiger partial charge < -0.3 is 14.8 Å². The molecule has 0 unspecified atom stereocenters. The van der Waals surface area contributed by atoms with Gasteiger partial charge in [0.05, 0.1) is 0 Å². The van der Waals surface area contributed by atoms with Crippen LogP contribution in [0.25, 0.3) is 0 Å². The summed E-state index contributed by atoms with van der Waals surface area (Å²) in [5.74, 6) is -1.08. The molecule has 0 saturated carbocycles. The lowest BCUT2D eigenvalue weighted by Crippen LogP contribution is -2.38. The molecule has 1 N–H and O–H groups in total. The Morgan fingerprint density at radius 2 is 1.78 bits per heavy atom. The number of ether oxygens (including phenoxy) is 2. The summed E-state index contributed by atoms with van der Waals surface area (Å²) in [4.78, 5) is 12.2. The van der Waals surface area contributed by atoms with Crippen LogP contribution in [0.5, 0.6) is 0 Å². The Labute approximate surface area is 150 Å². The van der Waals surface area contributed by atoms with Crippen LogP contribution >= 0.6 is 22.6 Å². The molecule has 0 spiro atoms. The molecule has 1 amide bonds. The molecule has 1 atom stereocenters. The van der Waals surface area contributed by atoms with Gasteiger partial charge in [0.15, 0.2) is 0 Å². The van der Waals surface area contributed by atoms with Gasteiger partial charge in [-0.15, -0.1) is 0 Å². The molecule has 0 fully saturated rings. The number of amides is 1. The predicted molar refractivity (Wildman–Crippen MR) is 97.9 cm³/mol. The van der Waals surface area contributed by atoms with Crippen LogP contribution in [0.15, 0.2) is 54.6 Å². The third-order valence-electron chi connectivity index (χ3n) is 3.62. The third-order valence-corrected chi connectivity index (χ3v) is 4.56. The number of halogens is 1. The molecule has 0 aliphatic carbocycles. The van der Waals surface area contributed by atoms with Crippen molar-refractivity contribution in [3.8, 4) is 0 Å². The zero-order valence-corrected chi connectivity index (χ0v) is 15.4. The maximum absolute atomic E-state index is 12.2. The summed E-state index contributed by atoms with van der Waals surface area (Å²) in [6.45, 7) is 2.34. The Balaban J connectivity index is 2.10. The van der Waals surface area contributed by atoms with Crippen molar-refractivity contribution in [1.29, 1.82) is 0 Å². The molecule has 23 heavy (non-hydrogen) atoms. The number of hydrogen-bond acceptors (Lipinski definition) is 3. The van der Waals surface area contributed by atoms with Crippen molar-refractivity contribution in [2.75, 3.05) is 7.11 Å². The van der Waals surface area contributed by atoms with E-state index in [2.05, 4.69) is 27.9 Å². The number of carbonyl (C=O) groups is 1. The van der Waals surface area contributed by atoms with Gasteiger partial charge in [-0.3, -0.25) is 0 Å². The summed E-state index contributed by atoms with van der Waals surface area (Å²) in [7, 11) is 1.55. The smallest absolute Gasteiger partial charge is 0.410 e. The van der Waals surface area contributed by atoms with Gasteiger partial charge in [0.1, 0.15) is 0 Å². The van der Waals surface area contributed by atoms with Gasteiger partial charge in [-0.05, 0) is 34.2 Å². The summed E-state index contributed by atoms with van der Waals surface area (Å²) in [6, 6.07) is 17.4.